The number of carboxylic acids is 1. The molecule has 104 valence electrons. The molecule has 0 spiro atoms. The molecule has 2 atom stereocenters. The summed E-state index contributed by atoms with van der Waals surface area (Å²) in [5, 5.41) is 9.15. The van der Waals surface area contributed by atoms with E-state index in [-0.39, 0.29) is 16.8 Å². The standard InChI is InChI=1S/C14H18ClNO3/c1-2-9-5-3-4-6-11(9)19-13-8-10(14(17)18)7-12(15)16-13/h7-9,11H,2-6H2,1H3,(H,17,18). The van der Waals surface area contributed by atoms with Gasteiger partial charge < -0.3 is 9.84 Å². The van der Waals surface area contributed by atoms with Crippen LogP contribution in [-0.2, 0) is 0 Å². The lowest BCUT2D eigenvalue weighted by atomic mass is 9.85. The molecule has 0 saturated heterocycles. The molecule has 1 heterocycles. The Labute approximate surface area is 117 Å². The van der Waals surface area contributed by atoms with Gasteiger partial charge in [-0.1, -0.05) is 24.9 Å². The van der Waals surface area contributed by atoms with Gasteiger partial charge in [-0.15, -0.1) is 0 Å². The van der Waals surface area contributed by atoms with Crippen LogP contribution in [0.4, 0.5) is 0 Å². The fourth-order valence-electron chi connectivity index (χ4n) is 2.61. The summed E-state index contributed by atoms with van der Waals surface area (Å²) in [4.78, 5) is 15.0. The Kier molecular flexibility index (Phi) is 4.64. The molecule has 0 amide bonds. The van der Waals surface area contributed by atoms with Gasteiger partial charge in [-0.05, 0) is 37.7 Å². The molecule has 0 aromatic carbocycles. The Morgan fingerprint density at radius 1 is 1.47 bits per heavy atom. The van der Waals surface area contributed by atoms with Crippen LogP contribution in [0, 0.1) is 5.92 Å². The Morgan fingerprint density at radius 2 is 2.21 bits per heavy atom. The third-order valence-electron chi connectivity index (χ3n) is 3.65. The zero-order valence-electron chi connectivity index (χ0n) is 10.9. The average Bonchev–Trinajstić information content (AvgIpc) is 2.38. The molecule has 19 heavy (non-hydrogen) atoms. The Morgan fingerprint density at radius 3 is 2.89 bits per heavy atom. The average molecular weight is 284 g/mol. The highest BCUT2D eigenvalue weighted by molar-refractivity contribution is 6.29. The summed E-state index contributed by atoms with van der Waals surface area (Å²) < 4.78 is 5.87. The van der Waals surface area contributed by atoms with Crippen molar-refractivity contribution in [3.05, 3.63) is 22.8 Å². The van der Waals surface area contributed by atoms with Gasteiger partial charge in [-0.3, -0.25) is 0 Å². The quantitative estimate of drug-likeness (QED) is 0.854. The summed E-state index contributed by atoms with van der Waals surface area (Å²) in [6.07, 6.45) is 5.72. The van der Waals surface area contributed by atoms with Crippen LogP contribution in [0.2, 0.25) is 5.15 Å². The Balaban J connectivity index is 2.15. The van der Waals surface area contributed by atoms with Crippen LogP contribution in [0.5, 0.6) is 5.88 Å². The zero-order valence-corrected chi connectivity index (χ0v) is 11.7. The first kappa shape index (κ1) is 14.1. The molecular weight excluding hydrogens is 266 g/mol. The van der Waals surface area contributed by atoms with Crippen molar-refractivity contribution < 1.29 is 14.6 Å². The molecule has 1 N–H and O–H groups in total. The number of pyridine rings is 1. The third kappa shape index (κ3) is 3.60. The smallest absolute Gasteiger partial charge is 0.335 e. The molecule has 4 nitrogen and oxygen atoms in total. The number of hydrogen-bond acceptors (Lipinski definition) is 3. The van der Waals surface area contributed by atoms with E-state index < -0.39 is 5.97 Å². The Bertz CT molecular complexity index is 464. The molecule has 1 fully saturated rings. The monoisotopic (exact) mass is 283 g/mol. The molecule has 0 bridgehead atoms. The van der Waals surface area contributed by atoms with Crippen molar-refractivity contribution in [1.29, 1.82) is 0 Å². The van der Waals surface area contributed by atoms with Crippen LogP contribution in [-0.4, -0.2) is 22.2 Å². The lowest BCUT2D eigenvalue weighted by Gasteiger charge is -2.30. The maximum atomic E-state index is 11.0. The van der Waals surface area contributed by atoms with Crippen molar-refractivity contribution in [2.75, 3.05) is 0 Å². The molecule has 1 aromatic heterocycles. The number of hydrogen-bond donors (Lipinski definition) is 1. The van der Waals surface area contributed by atoms with Crippen LogP contribution in [0.1, 0.15) is 49.4 Å². The normalized spacial score (nSPS) is 23.1. The van der Waals surface area contributed by atoms with Gasteiger partial charge in [-0.2, -0.15) is 0 Å². The second-order valence-electron chi connectivity index (χ2n) is 4.93. The number of rotatable bonds is 4. The number of halogens is 1. The summed E-state index contributed by atoms with van der Waals surface area (Å²) >= 11 is 5.83. The maximum Gasteiger partial charge on any atom is 0.335 e. The van der Waals surface area contributed by atoms with Crippen molar-refractivity contribution in [3.63, 3.8) is 0 Å². The zero-order chi connectivity index (χ0) is 13.8. The predicted octanol–water partition coefficient (Wildman–Crippen LogP) is 3.78. The summed E-state index contributed by atoms with van der Waals surface area (Å²) in [5.41, 5.74) is 0.110. The number of nitrogens with zero attached hydrogens (tertiary/aromatic N) is 1. The van der Waals surface area contributed by atoms with Gasteiger partial charge in [-0.25, -0.2) is 9.78 Å². The van der Waals surface area contributed by atoms with Gasteiger partial charge >= 0.3 is 5.97 Å². The SMILES string of the molecule is CCC1CCCCC1Oc1cc(C(=O)O)cc(Cl)n1. The van der Waals surface area contributed by atoms with E-state index in [1.165, 1.54) is 18.6 Å². The number of ether oxygens (including phenoxy) is 1. The van der Waals surface area contributed by atoms with E-state index >= 15 is 0 Å². The van der Waals surface area contributed by atoms with Gasteiger partial charge in [0, 0.05) is 6.07 Å². The van der Waals surface area contributed by atoms with Gasteiger partial charge in [0.05, 0.1) is 5.56 Å². The van der Waals surface area contributed by atoms with E-state index in [4.69, 9.17) is 21.4 Å². The van der Waals surface area contributed by atoms with Crippen molar-refractivity contribution in [1.82, 2.24) is 4.98 Å². The molecule has 1 saturated carbocycles. The maximum absolute atomic E-state index is 11.0. The predicted molar refractivity (Wildman–Crippen MR) is 72.9 cm³/mol. The minimum absolute atomic E-state index is 0.110. The third-order valence-corrected chi connectivity index (χ3v) is 3.85. The molecule has 2 rings (SSSR count). The molecule has 5 heteroatoms. The highest BCUT2D eigenvalue weighted by Gasteiger charge is 2.26. The van der Waals surface area contributed by atoms with E-state index in [1.807, 2.05) is 0 Å². The van der Waals surface area contributed by atoms with E-state index in [1.54, 1.807) is 0 Å². The highest BCUT2D eigenvalue weighted by Crippen LogP contribution is 2.30. The molecule has 0 radical (unpaired) electrons. The van der Waals surface area contributed by atoms with Crippen LogP contribution in [0.25, 0.3) is 0 Å². The second-order valence-corrected chi connectivity index (χ2v) is 5.32. The molecule has 1 aromatic rings. The fraction of sp³-hybridized carbons (Fsp3) is 0.571. The molecule has 2 unspecified atom stereocenters. The number of carbonyl (C=O) groups is 1. The topological polar surface area (TPSA) is 59.4 Å². The lowest BCUT2D eigenvalue weighted by molar-refractivity contribution is 0.0690. The number of aromatic carboxylic acids is 1. The summed E-state index contributed by atoms with van der Waals surface area (Å²) in [5.74, 6) is -0.192. The van der Waals surface area contributed by atoms with Crippen LogP contribution < -0.4 is 4.74 Å². The largest absolute Gasteiger partial charge is 0.478 e. The van der Waals surface area contributed by atoms with E-state index in [0.29, 0.717) is 11.8 Å². The van der Waals surface area contributed by atoms with Crippen LogP contribution in [0.3, 0.4) is 0 Å². The van der Waals surface area contributed by atoms with Crippen molar-refractivity contribution in [2.24, 2.45) is 5.92 Å². The first-order valence-corrected chi connectivity index (χ1v) is 7.05. The minimum Gasteiger partial charge on any atom is -0.478 e. The van der Waals surface area contributed by atoms with E-state index in [0.717, 1.165) is 25.7 Å². The van der Waals surface area contributed by atoms with Crippen LogP contribution in [0.15, 0.2) is 12.1 Å². The van der Waals surface area contributed by atoms with E-state index in [9.17, 15) is 4.79 Å². The number of aromatic nitrogens is 1. The molecule has 1 aliphatic rings. The first-order valence-electron chi connectivity index (χ1n) is 6.67. The second kappa shape index (κ2) is 6.24. The molecule has 1 aliphatic carbocycles. The van der Waals surface area contributed by atoms with Crippen LogP contribution >= 0.6 is 11.6 Å². The first-order chi connectivity index (χ1) is 9.10. The van der Waals surface area contributed by atoms with Crippen molar-refractivity contribution in [3.8, 4) is 5.88 Å². The number of carboxylic acid groups (broad SMARTS) is 1. The van der Waals surface area contributed by atoms with E-state index in [2.05, 4.69) is 11.9 Å². The summed E-state index contributed by atoms with van der Waals surface area (Å²) in [6.45, 7) is 2.15. The minimum atomic E-state index is -1.02. The summed E-state index contributed by atoms with van der Waals surface area (Å²) in [6, 6.07) is 2.77. The van der Waals surface area contributed by atoms with Crippen molar-refractivity contribution in [2.45, 2.75) is 45.1 Å². The van der Waals surface area contributed by atoms with Gasteiger partial charge in [0.15, 0.2) is 0 Å². The van der Waals surface area contributed by atoms with Gasteiger partial charge in [0.1, 0.15) is 11.3 Å². The lowest BCUT2D eigenvalue weighted by Crippen LogP contribution is -2.30. The van der Waals surface area contributed by atoms with Gasteiger partial charge in [0.2, 0.25) is 5.88 Å². The summed E-state index contributed by atoms with van der Waals surface area (Å²) in [7, 11) is 0. The van der Waals surface area contributed by atoms with Gasteiger partial charge in [0.25, 0.3) is 0 Å². The molecule has 0 aliphatic heterocycles. The highest BCUT2D eigenvalue weighted by atomic mass is 35.5. The van der Waals surface area contributed by atoms with Crippen molar-refractivity contribution >= 4 is 17.6 Å². The Hall–Kier alpha value is -1.29. The fourth-order valence-corrected chi connectivity index (χ4v) is 2.81. The molecular formula is C14H18ClNO3.